The SMILES string of the molecule is CCc1nn(C)c(CC(NN)c2ccc(OC)nn2)c1Cl. The Morgan fingerprint density at radius 3 is 2.67 bits per heavy atom. The summed E-state index contributed by atoms with van der Waals surface area (Å²) >= 11 is 6.36. The molecule has 0 spiro atoms. The first-order valence-electron chi connectivity index (χ1n) is 6.64. The van der Waals surface area contributed by atoms with E-state index in [2.05, 4.69) is 20.7 Å². The number of hydrazine groups is 1. The van der Waals surface area contributed by atoms with Crippen LogP contribution in [-0.2, 0) is 19.9 Å². The average molecular weight is 311 g/mol. The average Bonchev–Trinajstić information content (AvgIpc) is 2.79. The molecular weight excluding hydrogens is 292 g/mol. The first-order valence-corrected chi connectivity index (χ1v) is 7.02. The fourth-order valence-electron chi connectivity index (χ4n) is 2.11. The lowest BCUT2D eigenvalue weighted by Gasteiger charge is -2.15. The van der Waals surface area contributed by atoms with E-state index in [1.807, 2.05) is 20.0 Å². The lowest BCUT2D eigenvalue weighted by molar-refractivity contribution is 0.389. The van der Waals surface area contributed by atoms with Crippen molar-refractivity contribution in [2.45, 2.75) is 25.8 Å². The van der Waals surface area contributed by atoms with E-state index < -0.39 is 0 Å². The third kappa shape index (κ3) is 3.31. The molecule has 0 radical (unpaired) electrons. The minimum atomic E-state index is -0.207. The number of aryl methyl sites for hydroxylation is 2. The van der Waals surface area contributed by atoms with Gasteiger partial charge in [0.15, 0.2) is 0 Å². The molecule has 21 heavy (non-hydrogen) atoms. The van der Waals surface area contributed by atoms with Crippen molar-refractivity contribution in [1.82, 2.24) is 25.4 Å². The van der Waals surface area contributed by atoms with Gasteiger partial charge in [-0.3, -0.25) is 16.0 Å². The van der Waals surface area contributed by atoms with Crippen LogP contribution in [0.4, 0.5) is 0 Å². The maximum Gasteiger partial charge on any atom is 0.233 e. The molecule has 2 heterocycles. The number of nitrogens with one attached hydrogen (secondary N) is 1. The number of nitrogens with two attached hydrogens (primary N) is 1. The van der Waals surface area contributed by atoms with Crippen LogP contribution in [0.2, 0.25) is 5.02 Å². The van der Waals surface area contributed by atoms with E-state index in [9.17, 15) is 0 Å². The van der Waals surface area contributed by atoms with Gasteiger partial charge in [-0.1, -0.05) is 18.5 Å². The largest absolute Gasteiger partial charge is 0.480 e. The summed E-state index contributed by atoms with van der Waals surface area (Å²) < 4.78 is 6.78. The van der Waals surface area contributed by atoms with E-state index >= 15 is 0 Å². The van der Waals surface area contributed by atoms with Gasteiger partial charge in [-0.25, -0.2) is 0 Å². The molecule has 0 aliphatic rings. The van der Waals surface area contributed by atoms with Crippen LogP contribution >= 0.6 is 11.6 Å². The molecule has 2 aromatic rings. The van der Waals surface area contributed by atoms with Crippen molar-refractivity contribution < 1.29 is 4.74 Å². The molecule has 8 heteroatoms. The second kappa shape index (κ2) is 6.84. The van der Waals surface area contributed by atoms with Gasteiger partial charge < -0.3 is 4.74 Å². The third-order valence-corrected chi connectivity index (χ3v) is 3.76. The highest BCUT2D eigenvalue weighted by Crippen LogP contribution is 2.25. The molecule has 0 amide bonds. The van der Waals surface area contributed by atoms with Crippen LogP contribution in [0.25, 0.3) is 0 Å². The third-order valence-electron chi connectivity index (χ3n) is 3.33. The zero-order chi connectivity index (χ0) is 15.4. The predicted octanol–water partition coefficient (Wildman–Crippen LogP) is 1.18. The van der Waals surface area contributed by atoms with Crippen molar-refractivity contribution >= 4 is 11.6 Å². The molecule has 7 nitrogen and oxygen atoms in total. The van der Waals surface area contributed by atoms with Gasteiger partial charge in [-0.05, 0) is 12.5 Å². The maximum absolute atomic E-state index is 6.36. The van der Waals surface area contributed by atoms with Gasteiger partial charge in [-0.15, -0.1) is 5.10 Å². The molecule has 0 bridgehead atoms. The highest BCUT2D eigenvalue weighted by molar-refractivity contribution is 6.31. The van der Waals surface area contributed by atoms with Crippen LogP contribution < -0.4 is 16.0 Å². The summed E-state index contributed by atoms with van der Waals surface area (Å²) in [5, 5.41) is 13.1. The summed E-state index contributed by atoms with van der Waals surface area (Å²) in [6.07, 6.45) is 1.36. The Hall–Kier alpha value is -1.70. The van der Waals surface area contributed by atoms with Gasteiger partial charge >= 0.3 is 0 Å². The number of aromatic nitrogens is 4. The van der Waals surface area contributed by atoms with Crippen molar-refractivity contribution in [1.29, 1.82) is 0 Å². The van der Waals surface area contributed by atoms with Gasteiger partial charge in [-0.2, -0.15) is 10.2 Å². The number of hydrogen-bond acceptors (Lipinski definition) is 6. The number of nitrogens with zero attached hydrogens (tertiary/aromatic N) is 4. The van der Waals surface area contributed by atoms with Crippen LogP contribution in [0.3, 0.4) is 0 Å². The summed E-state index contributed by atoms with van der Waals surface area (Å²) in [5.41, 5.74) is 5.25. The van der Waals surface area contributed by atoms with Crippen molar-refractivity contribution in [2.24, 2.45) is 12.9 Å². The van der Waals surface area contributed by atoms with Crippen molar-refractivity contribution in [2.75, 3.05) is 7.11 Å². The van der Waals surface area contributed by atoms with Gasteiger partial charge in [0.25, 0.3) is 0 Å². The van der Waals surface area contributed by atoms with Gasteiger partial charge in [0.1, 0.15) is 0 Å². The number of ether oxygens (including phenoxy) is 1. The summed E-state index contributed by atoms with van der Waals surface area (Å²) in [7, 11) is 3.41. The molecule has 2 rings (SSSR count). The number of rotatable bonds is 6. The Balaban J connectivity index is 2.24. The summed E-state index contributed by atoms with van der Waals surface area (Å²) in [5.74, 6) is 6.10. The van der Waals surface area contributed by atoms with Crippen molar-refractivity contribution in [3.8, 4) is 5.88 Å². The van der Waals surface area contributed by atoms with E-state index in [0.29, 0.717) is 23.0 Å². The Kier molecular flexibility index (Phi) is 5.11. The van der Waals surface area contributed by atoms with E-state index in [1.165, 1.54) is 0 Å². The Morgan fingerprint density at radius 1 is 1.43 bits per heavy atom. The fraction of sp³-hybridized carbons (Fsp3) is 0.462. The molecule has 1 atom stereocenters. The fourth-order valence-corrected chi connectivity index (χ4v) is 2.48. The predicted molar refractivity (Wildman–Crippen MR) is 79.9 cm³/mol. The molecule has 0 fully saturated rings. The zero-order valence-electron chi connectivity index (χ0n) is 12.3. The quantitative estimate of drug-likeness (QED) is 0.615. The number of halogens is 1. The Bertz CT molecular complexity index is 597. The topological polar surface area (TPSA) is 90.9 Å². The molecule has 2 aromatic heterocycles. The van der Waals surface area contributed by atoms with Crippen LogP contribution in [0.15, 0.2) is 12.1 Å². The summed E-state index contributed by atoms with van der Waals surface area (Å²) in [6, 6.07) is 3.36. The second-order valence-corrected chi connectivity index (χ2v) is 4.99. The molecule has 0 saturated carbocycles. The van der Waals surface area contributed by atoms with Gasteiger partial charge in [0.05, 0.1) is 35.3 Å². The monoisotopic (exact) mass is 310 g/mol. The van der Waals surface area contributed by atoms with E-state index in [0.717, 1.165) is 17.8 Å². The van der Waals surface area contributed by atoms with Crippen LogP contribution in [-0.4, -0.2) is 27.1 Å². The lowest BCUT2D eigenvalue weighted by atomic mass is 10.1. The van der Waals surface area contributed by atoms with E-state index in [1.54, 1.807) is 17.9 Å². The molecule has 0 aliphatic heterocycles. The first-order chi connectivity index (χ1) is 10.1. The normalized spacial score (nSPS) is 12.4. The van der Waals surface area contributed by atoms with E-state index in [4.69, 9.17) is 22.2 Å². The molecule has 0 aromatic carbocycles. The highest BCUT2D eigenvalue weighted by Gasteiger charge is 2.19. The van der Waals surface area contributed by atoms with Gasteiger partial charge in [0, 0.05) is 19.5 Å². The highest BCUT2D eigenvalue weighted by atomic mass is 35.5. The molecular formula is C13H19ClN6O. The van der Waals surface area contributed by atoms with Crippen molar-refractivity contribution in [3.63, 3.8) is 0 Å². The molecule has 0 saturated heterocycles. The first kappa shape index (κ1) is 15.7. The second-order valence-electron chi connectivity index (χ2n) is 4.61. The van der Waals surface area contributed by atoms with E-state index in [-0.39, 0.29) is 6.04 Å². The molecule has 3 N–H and O–H groups in total. The van der Waals surface area contributed by atoms with Crippen LogP contribution in [0.1, 0.15) is 30.0 Å². The minimum absolute atomic E-state index is 0.207. The summed E-state index contributed by atoms with van der Waals surface area (Å²) in [6.45, 7) is 2.02. The Morgan fingerprint density at radius 2 is 2.19 bits per heavy atom. The maximum atomic E-state index is 6.36. The van der Waals surface area contributed by atoms with Crippen LogP contribution in [0, 0.1) is 0 Å². The summed E-state index contributed by atoms with van der Waals surface area (Å²) in [4.78, 5) is 0. The molecule has 1 unspecified atom stereocenters. The molecule has 0 aliphatic carbocycles. The smallest absolute Gasteiger partial charge is 0.233 e. The van der Waals surface area contributed by atoms with Gasteiger partial charge in [0.2, 0.25) is 5.88 Å². The number of methoxy groups -OCH3 is 1. The lowest BCUT2D eigenvalue weighted by Crippen LogP contribution is -2.31. The molecule has 114 valence electrons. The standard InChI is InChI=1S/C13H19ClN6O/c1-4-8-13(14)11(20(2)19-8)7-10(16-15)9-5-6-12(21-3)18-17-9/h5-6,10,16H,4,7,15H2,1-3H3. The Labute approximate surface area is 128 Å². The minimum Gasteiger partial charge on any atom is -0.480 e. The van der Waals surface area contributed by atoms with Crippen molar-refractivity contribution in [3.05, 3.63) is 34.2 Å². The zero-order valence-corrected chi connectivity index (χ0v) is 13.1. The van der Waals surface area contributed by atoms with Crippen LogP contribution in [0.5, 0.6) is 5.88 Å². The number of hydrogen-bond donors (Lipinski definition) is 2.